The summed E-state index contributed by atoms with van der Waals surface area (Å²) in [6, 6.07) is 5.69. The van der Waals surface area contributed by atoms with Crippen LogP contribution in [0, 0.1) is 22.7 Å². The zero-order chi connectivity index (χ0) is 27.6. The fourth-order valence-corrected chi connectivity index (χ4v) is 1.39. The molecule has 0 N–H and O–H groups in total. The minimum Gasteiger partial charge on any atom is -0.619 e. The molecule has 0 aliphatic rings. The number of nitriles is 1. The molecule has 0 aliphatic carbocycles. The summed E-state index contributed by atoms with van der Waals surface area (Å²) in [4.78, 5) is 39.6. The Morgan fingerprint density at radius 1 is 1.11 bits per heavy atom. The molecule has 0 unspecified atom stereocenters. The standard InChI is InChI=1S/C8H6N2O2.C7H7NO3.C4H9NSi.C3H6ClNO/c1-9-7-5-6(3-4-10-7)8(11)12-2;1-11-7(9)6-2-4-8(10)5-3-6;1-6(2,3)4-5;1-5(2)3(4)6/h3-5H,2H3;2-5H,1H3;1-3H3;1-2H3. The summed E-state index contributed by atoms with van der Waals surface area (Å²) in [7, 11) is 4.44. The van der Waals surface area contributed by atoms with Gasteiger partial charge in [0.15, 0.2) is 20.5 Å². The summed E-state index contributed by atoms with van der Waals surface area (Å²) < 4.78 is 9.50. The predicted molar refractivity (Wildman–Crippen MR) is 132 cm³/mol. The van der Waals surface area contributed by atoms with Crippen molar-refractivity contribution in [3.8, 4) is 5.69 Å². The van der Waals surface area contributed by atoms with E-state index in [0.29, 0.717) is 15.9 Å². The van der Waals surface area contributed by atoms with Crippen LogP contribution in [0.3, 0.4) is 0 Å². The van der Waals surface area contributed by atoms with Crippen LogP contribution in [0.4, 0.5) is 10.6 Å². The number of ether oxygens (including phenoxy) is 2. The van der Waals surface area contributed by atoms with E-state index in [1.54, 1.807) is 14.1 Å². The summed E-state index contributed by atoms with van der Waals surface area (Å²) >= 11 is 4.90. The number of pyridine rings is 2. The molecule has 188 valence electrons. The van der Waals surface area contributed by atoms with Gasteiger partial charge in [0, 0.05) is 31.9 Å². The summed E-state index contributed by atoms with van der Waals surface area (Å²) in [5.74, 6) is -0.703. The first-order valence-corrected chi connectivity index (χ1v) is 13.6. The van der Waals surface area contributed by atoms with Gasteiger partial charge in [-0.15, -0.1) is 4.98 Å². The average Bonchev–Trinajstić information content (AvgIpc) is 2.84. The van der Waals surface area contributed by atoms with Crippen molar-refractivity contribution in [2.24, 2.45) is 0 Å². The second-order valence-electron chi connectivity index (χ2n) is 7.45. The van der Waals surface area contributed by atoms with Crippen LogP contribution in [-0.2, 0) is 9.47 Å². The van der Waals surface area contributed by atoms with E-state index in [1.807, 2.05) is 19.6 Å². The van der Waals surface area contributed by atoms with Gasteiger partial charge in [0.25, 0.3) is 5.82 Å². The molecule has 0 bridgehead atoms. The second kappa shape index (κ2) is 17.5. The number of carbonyl (C=O) groups excluding carboxylic acids is 3. The first-order chi connectivity index (χ1) is 16.2. The fraction of sp³-hybridized carbons (Fsp3) is 0.318. The molecule has 0 fully saturated rings. The van der Waals surface area contributed by atoms with Crippen LogP contribution in [-0.4, -0.2) is 63.6 Å². The zero-order valence-corrected chi connectivity index (χ0v) is 22.4. The highest BCUT2D eigenvalue weighted by Crippen LogP contribution is 2.10. The monoisotopic (exact) mass is 521 g/mol. The van der Waals surface area contributed by atoms with Crippen molar-refractivity contribution in [3.05, 3.63) is 70.6 Å². The Kier molecular flexibility index (Phi) is 16.6. The Balaban J connectivity index is 0. The maximum atomic E-state index is 10.9. The van der Waals surface area contributed by atoms with Gasteiger partial charge in [-0.1, -0.05) is 26.2 Å². The Hall–Kier alpha value is -4.00. The summed E-state index contributed by atoms with van der Waals surface area (Å²) in [5.41, 5.74) is 2.96. The third-order valence-corrected chi connectivity index (χ3v) is 4.20. The van der Waals surface area contributed by atoms with E-state index in [2.05, 4.69) is 25.0 Å². The lowest BCUT2D eigenvalue weighted by Gasteiger charge is -1.99. The Bertz CT molecular complexity index is 1040. The van der Waals surface area contributed by atoms with Crippen LogP contribution < -0.4 is 4.73 Å². The van der Waals surface area contributed by atoms with E-state index in [9.17, 15) is 19.6 Å². The normalized spacial score (nSPS) is 8.97. The summed E-state index contributed by atoms with van der Waals surface area (Å²) in [6.45, 7) is 12.7. The van der Waals surface area contributed by atoms with Gasteiger partial charge in [0.05, 0.1) is 25.3 Å². The minimum atomic E-state index is -1.33. The molecule has 11 nitrogen and oxygen atoms in total. The van der Waals surface area contributed by atoms with Gasteiger partial charge in [-0.05, 0) is 23.7 Å². The van der Waals surface area contributed by atoms with E-state index >= 15 is 0 Å². The highest BCUT2D eigenvalue weighted by molar-refractivity contribution is 6.83. The van der Waals surface area contributed by atoms with Crippen molar-refractivity contribution < 1.29 is 28.6 Å². The SMILES string of the molecule is CN(C)C(=O)Cl.COC(=O)c1cc[n+]([O-])cc1.C[Si](C)(C)C#N.[C-]#[N+]c1cc(C(=O)OC)ccn1. The zero-order valence-electron chi connectivity index (χ0n) is 20.6. The fourth-order valence-electron chi connectivity index (χ4n) is 1.39. The van der Waals surface area contributed by atoms with E-state index in [-0.39, 0.29) is 5.82 Å². The van der Waals surface area contributed by atoms with Crippen molar-refractivity contribution in [3.63, 3.8) is 0 Å². The Morgan fingerprint density at radius 2 is 1.54 bits per heavy atom. The van der Waals surface area contributed by atoms with Crippen LogP contribution in [0.5, 0.6) is 0 Å². The van der Waals surface area contributed by atoms with Crippen molar-refractivity contribution in [1.82, 2.24) is 9.88 Å². The first kappa shape index (κ1) is 33.2. The van der Waals surface area contributed by atoms with Crippen LogP contribution in [0.15, 0.2) is 42.9 Å². The van der Waals surface area contributed by atoms with Crippen LogP contribution in [0.1, 0.15) is 20.7 Å². The molecule has 0 saturated heterocycles. The Labute approximate surface area is 210 Å². The molecule has 13 heteroatoms. The molecule has 35 heavy (non-hydrogen) atoms. The number of amides is 1. The molecule has 2 aromatic heterocycles. The number of nitrogens with zero attached hydrogens (tertiary/aromatic N) is 5. The lowest BCUT2D eigenvalue weighted by Crippen LogP contribution is -2.24. The van der Waals surface area contributed by atoms with Crippen molar-refractivity contribution in [2.75, 3.05) is 28.3 Å². The quantitative estimate of drug-likeness (QED) is 0.110. The van der Waals surface area contributed by atoms with Crippen LogP contribution >= 0.6 is 11.6 Å². The number of halogens is 1. The lowest BCUT2D eigenvalue weighted by molar-refractivity contribution is -0.605. The molecule has 2 rings (SSSR count). The van der Waals surface area contributed by atoms with Gasteiger partial charge in [-0.25, -0.2) is 14.9 Å². The van der Waals surface area contributed by atoms with Gasteiger partial charge in [-0.3, -0.25) is 4.79 Å². The molecular formula is C22H28ClN5O6Si. The summed E-state index contributed by atoms with van der Waals surface area (Å²) in [5, 5.41) is 18.3. The molecule has 0 saturated carbocycles. The average molecular weight is 522 g/mol. The van der Waals surface area contributed by atoms with Crippen molar-refractivity contribution in [2.45, 2.75) is 19.6 Å². The molecule has 0 radical (unpaired) electrons. The van der Waals surface area contributed by atoms with E-state index in [0.717, 1.165) is 0 Å². The Morgan fingerprint density at radius 3 is 1.89 bits per heavy atom. The molecular weight excluding hydrogens is 494 g/mol. The maximum absolute atomic E-state index is 10.9. The first-order valence-electron chi connectivity index (χ1n) is 9.69. The summed E-state index contributed by atoms with van der Waals surface area (Å²) in [6.07, 6.45) is 3.89. The van der Waals surface area contributed by atoms with Gasteiger partial charge < -0.3 is 24.4 Å². The molecule has 0 atom stereocenters. The molecule has 2 heterocycles. The van der Waals surface area contributed by atoms with Gasteiger partial charge in [0.1, 0.15) is 6.20 Å². The molecule has 0 aromatic carbocycles. The third kappa shape index (κ3) is 17.2. The second-order valence-corrected chi connectivity index (χ2v) is 12.5. The maximum Gasteiger partial charge on any atom is 0.338 e. The largest absolute Gasteiger partial charge is 0.619 e. The predicted octanol–water partition coefficient (Wildman–Crippen LogP) is 3.82. The topological polar surface area (TPSA) is 141 Å². The number of esters is 2. The van der Waals surface area contributed by atoms with Crippen molar-refractivity contribution >= 4 is 42.8 Å². The van der Waals surface area contributed by atoms with Crippen LogP contribution in [0.25, 0.3) is 4.85 Å². The smallest absolute Gasteiger partial charge is 0.338 e. The lowest BCUT2D eigenvalue weighted by atomic mass is 10.3. The van der Waals surface area contributed by atoms with Gasteiger partial charge in [-0.2, -0.15) is 4.73 Å². The van der Waals surface area contributed by atoms with E-state index < -0.39 is 25.4 Å². The van der Waals surface area contributed by atoms with Gasteiger partial charge >= 0.3 is 17.3 Å². The van der Waals surface area contributed by atoms with E-state index in [4.69, 9.17) is 23.4 Å². The minimum absolute atomic E-state index is 0.193. The number of rotatable bonds is 2. The number of hydrogen-bond donors (Lipinski definition) is 0. The molecule has 0 spiro atoms. The highest BCUT2D eigenvalue weighted by Gasteiger charge is 2.09. The number of methoxy groups -OCH3 is 2. The van der Waals surface area contributed by atoms with Crippen molar-refractivity contribution in [1.29, 1.82) is 5.26 Å². The third-order valence-electron chi connectivity index (χ3n) is 3.19. The van der Waals surface area contributed by atoms with Gasteiger partial charge in [0.2, 0.25) is 0 Å². The highest BCUT2D eigenvalue weighted by atomic mass is 35.5. The molecule has 0 aliphatic heterocycles. The number of carbonyl (C=O) groups is 3. The van der Waals surface area contributed by atoms with E-state index in [1.165, 1.54) is 62.0 Å². The molecule has 1 amide bonds. The number of aromatic nitrogens is 2. The molecule has 2 aromatic rings. The van der Waals surface area contributed by atoms with Crippen LogP contribution in [0.2, 0.25) is 19.6 Å². The number of hydrogen-bond acceptors (Lipinski definition) is 8.